The predicted molar refractivity (Wildman–Crippen MR) is 79.1 cm³/mol. The first-order chi connectivity index (χ1) is 9.04. The molecule has 1 aliphatic heterocycles. The van der Waals surface area contributed by atoms with E-state index in [1.54, 1.807) is 0 Å². The number of halogens is 2. The molecule has 1 saturated heterocycles. The average molecular weight is 323 g/mol. The van der Waals surface area contributed by atoms with Crippen LogP contribution in [0, 0.1) is 11.7 Å². The molecule has 1 aliphatic rings. The van der Waals surface area contributed by atoms with Crippen molar-refractivity contribution < 1.29 is 12.8 Å². The Bertz CT molecular complexity index is 514. The summed E-state index contributed by atoms with van der Waals surface area (Å²) < 4.78 is 39.0. The Morgan fingerprint density at radius 3 is 2.30 bits per heavy atom. The van der Waals surface area contributed by atoms with Crippen molar-refractivity contribution in [2.45, 2.75) is 17.7 Å². The van der Waals surface area contributed by atoms with Crippen LogP contribution in [0.25, 0.3) is 0 Å². The van der Waals surface area contributed by atoms with E-state index < -0.39 is 15.8 Å². The van der Waals surface area contributed by atoms with Gasteiger partial charge in [0.2, 0.25) is 10.0 Å². The summed E-state index contributed by atoms with van der Waals surface area (Å²) >= 11 is 0. The summed E-state index contributed by atoms with van der Waals surface area (Å²) in [5.41, 5.74) is 0. The van der Waals surface area contributed by atoms with E-state index in [4.69, 9.17) is 0 Å². The van der Waals surface area contributed by atoms with Gasteiger partial charge in [0.1, 0.15) is 5.82 Å². The summed E-state index contributed by atoms with van der Waals surface area (Å²) in [5.74, 6) is 0.108. The molecule has 0 unspecified atom stereocenters. The van der Waals surface area contributed by atoms with Gasteiger partial charge in [0.15, 0.2) is 0 Å². The third kappa shape index (κ3) is 3.91. The molecular weight excluding hydrogens is 303 g/mol. The zero-order valence-corrected chi connectivity index (χ0v) is 13.0. The van der Waals surface area contributed by atoms with Crippen LogP contribution in [0.5, 0.6) is 0 Å². The molecule has 1 heterocycles. The summed E-state index contributed by atoms with van der Waals surface area (Å²) in [6, 6.07) is 5.01. The highest BCUT2D eigenvalue weighted by atomic mass is 35.5. The summed E-state index contributed by atoms with van der Waals surface area (Å²) in [6.45, 7) is 1.99. The number of nitrogens with zero attached hydrogens (tertiary/aromatic N) is 1. The van der Waals surface area contributed by atoms with Gasteiger partial charge >= 0.3 is 0 Å². The van der Waals surface area contributed by atoms with Gasteiger partial charge in [0.05, 0.1) is 4.90 Å². The van der Waals surface area contributed by atoms with Gasteiger partial charge in [-0.25, -0.2) is 12.8 Å². The van der Waals surface area contributed by atoms with Gasteiger partial charge in [-0.2, -0.15) is 4.31 Å². The molecule has 0 amide bonds. The minimum absolute atomic E-state index is 0. The predicted octanol–water partition coefficient (Wildman–Crippen LogP) is 1.87. The van der Waals surface area contributed by atoms with Crippen LogP contribution in [-0.2, 0) is 10.0 Å². The van der Waals surface area contributed by atoms with E-state index in [-0.39, 0.29) is 17.3 Å². The smallest absolute Gasteiger partial charge is 0.243 e. The van der Waals surface area contributed by atoms with Gasteiger partial charge in [0, 0.05) is 13.1 Å². The van der Waals surface area contributed by atoms with Crippen LogP contribution in [0.15, 0.2) is 29.2 Å². The largest absolute Gasteiger partial charge is 0.319 e. The van der Waals surface area contributed by atoms with Crippen molar-refractivity contribution >= 4 is 22.4 Å². The molecule has 114 valence electrons. The van der Waals surface area contributed by atoms with E-state index in [0.717, 1.165) is 19.4 Å². The summed E-state index contributed by atoms with van der Waals surface area (Å²) in [5, 5.41) is 3.12. The van der Waals surface area contributed by atoms with Crippen molar-refractivity contribution in [1.82, 2.24) is 9.62 Å². The lowest BCUT2D eigenvalue weighted by molar-refractivity contribution is 0.270. The molecule has 4 nitrogen and oxygen atoms in total. The average Bonchev–Trinajstić information content (AvgIpc) is 2.40. The Morgan fingerprint density at radius 1 is 1.25 bits per heavy atom. The van der Waals surface area contributed by atoms with Gasteiger partial charge in [-0.15, -0.1) is 12.4 Å². The van der Waals surface area contributed by atoms with Crippen molar-refractivity contribution in [3.63, 3.8) is 0 Å². The number of hydrogen-bond acceptors (Lipinski definition) is 3. The van der Waals surface area contributed by atoms with Gasteiger partial charge in [0.25, 0.3) is 0 Å². The molecule has 20 heavy (non-hydrogen) atoms. The SMILES string of the molecule is CNCC1CCN(S(=O)(=O)c2ccc(F)cc2)CC1.Cl. The van der Waals surface area contributed by atoms with Crippen LogP contribution >= 0.6 is 12.4 Å². The van der Waals surface area contributed by atoms with E-state index in [0.29, 0.717) is 19.0 Å². The van der Waals surface area contributed by atoms with E-state index >= 15 is 0 Å². The number of nitrogens with one attached hydrogen (secondary N) is 1. The lowest BCUT2D eigenvalue weighted by Crippen LogP contribution is -2.40. The van der Waals surface area contributed by atoms with Crippen LogP contribution in [0.1, 0.15) is 12.8 Å². The third-order valence-corrected chi connectivity index (χ3v) is 5.43. The number of sulfonamides is 1. The maximum absolute atomic E-state index is 12.8. The third-order valence-electron chi connectivity index (χ3n) is 3.52. The maximum atomic E-state index is 12.8. The van der Waals surface area contributed by atoms with E-state index in [1.165, 1.54) is 28.6 Å². The quantitative estimate of drug-likeness (QED) is 0.920. The second kappa shape index (κ2) is 7.36. The van der Waals surface area contributed by atoms with Crippen LogP contribution in [0.3, 0.4) is 0 Å². The highest BCUT2D eigenvalue weighted by Gasteiger charge is 2.28. The molecular formula is C13H20ClFN2O2S. The topological polar surface area (TPSA) is 49.4 Å². The first kappa shape index (κ1) is 17.4. The summed E-state index contributed by atoms with van der Waals surface area (Å²) in [7, 11) is -1.57. The van der Waals surface area contributed by atoms with E-state index in [9.17, 15) is 12.8 Å². The summed E-state index contributed by atoms with van der Waals surface area (Å²) in [6.07, 6.45) is 1.72. The number of benzene rings is 1. The molecule has 1 aromatic carbocycles. The molecule has 7 heteroatoms. The molecule has 1 N–H and O–H groups in total. The fourth-order valence-electron chi connectivity index (χ4n) is 2.40. The van der Waals surface area contributed by atoms with Crippen LogP contribution in [0.4, 0.5) is 4.39 Å². The van der Waals surface area contributed by atoms with Crippen molar-refractivity contribution in [2.75, 3.05) is 26.7 Å². The Hall–Kier alpha value is -0.690. The Kier molecular flexibility index (Phi) is 6.39. The number of hydrogen-bond donors (Lipinski definition) is 1. The first-order valence-corrected chi connectivity index (χ1v) is 7.88. The van der Waals surface area contributed by atoms with Gasteiger partial charge < -0.3 is 5.32 Å². The van der Waals surface area contributed by atoms with Gasteiger partial charge in [-0.05, 0) is 56.6 Å². The fourth-order valence-corrected chi connectivity index (χ4v) is 3.87. The highest BCUT2D eigenvalue weighted by molar-refractivity contribution is 7.89. The van der Waals surface area contributed by atoms with Gasteiger partial charge in [-0.3, -0.25) is 0 Å². The number of piperidine rings is 1. The molecule has 2 rings (SSSR count). The molecule has 0 bridgehead atoms. The van der Waals surface area contributed by atoms with Crippen molar-refractivity contribution in [1.29, 1.82) is 0 Å². The molecule has 0 aromatic heterocycles. The van der Waals surface area contributed by atoms with Crippen molar-refractivity contribution in [3.05, 3.63) is 30.1 Å². The standard InChI is InChI=1S/C13H19FN2O2S.ClH/c1-15-10-11-6-8-16(9-7-11)19(17,18)13-4-2-12(14)3-5-13;/h2-5,11,15H,6-10H2,1H3;1H. The second-order valence-electron chi connectivity index (χ2n) is 4.86. The Balaban J connectivity index is 0.00000200. The monoisotopic (exact) mass is 322 g/mol. The minimum atomic E-state index is -3.47. The van der Waals surface area contributed by atoms with Crippen molar-refractivity contribution in [3.8, 4) is 0 Å². The van der Waals surface area contributed by atoms with Crippen LogP contribution in [-0.4, -0.2) is 39.4 Å². The normalized spacial score (nSPS) is 17.7. The fraction of sp³-hybridized carbons (Fsp3) is 0.538. The molecule has 0 aliphatic carbocycles. The van der Waals surface area contributed by atoms with E-state index in [2.05, 4.69) is 5.32 Å². The highest BCUT2D eigenvalue weighted by Crippen LogP contribution is 2.23. The Labute approximate surface area is 125 Å². The Morgan fingerprint density at radius 2 is 1.80 bits per heavy atom. The lowest BCUT2D eigenvalue weighted by Gasteiger charge is -2.31. The zero-order chi connectivity index (χ0) is 13.9. The molecule has 0 radical (unpaired) electrons. The first-order valence-electron chi connectivity index (χ1n) is 6.44. The second-order valence-corrected chi connectivity index (χ2v) is 6.80. The molecule has 1 fully saturated rings. The minimum Gasteiger partial charge on any atom is -0.319 e. The van der Waals surface area contributed by atoms with Crippen LogP contribution < -0.4 is 5.32 Å². The van der Waals surface area contributed by atoms with Crippen molar-refractivity contribution in [2.24, 2.45) is 5.92 Å². The summed E-state index contributed by atoms with van der Waals surface area (Å²) in [4.78, 5) is 0.168. The molecule has 0 atom stereocenters. The molecule has 0 spiro atoms. The number of rotatable bonds is 4. The van der Waals surface area contributed by atoms with Gasteiger partial charge in [-0.1, -0.05) is 0 Å². The molecule has 1 aromatic rings. The zero-order valence-electron chi connectivity index (χ0n) is 11.4. The van der Waals surface area contributed by atoms with Crippen LogP contribution in [0.2, 0.25) is 0 Å². The maximum Gasteiger partial charge on any atom is 0.243 e. The van der Waals surface area contributed by atoms with E-state index in [1.807, 2.05) is 7.05 Å². The lowest BCUT2D eigenvalue weighted by atomic mass is 9.98. The molecule has 0 saturated carbocycles.